The molecule has 0 aliphatic carbocycles. The summed E-state index contributed by atoms with van der Waals surface area (Å²) in [6, 6.07) is 7.88. The Bertz CT molecular complexity index is 577. The lowest BCUT2D eigenvalue weighted by molar-refractivity contribution is -0.131. The van der Waals surface area contributed by atoms with Gasteiger partial charge < -0.3 is 9.84 Å². The Morgan fingerprint density at radius 1 is 1.16 bits per heavy atom. The van der Waals surface area contributed by atoms with Gasteiger partial charge in [0.2, 0.25) is 0 Å². The van der Waals surface area contributed by atoms with E-state index in [0.29, 0.717) is 6.61 Å². The van der Waals surface area contributed by atoms with Crippen LogP contribution in [0.1, 0.15) is 5.56 Å². The summed E-state index contributed by atoms with van der Waals surface area (Å²) in [6.07, 6.45) is 11.9. The highest BCUT2D eigenvalue weighted by Crippen LogP contribution is 2.25. The van der Waals surface area contributed by atoms with Crippen LogP contribution in [0, 0.1) is 0 Å². The van der Waals surface area contributed by atoms with Crippen molar-refractivity contribution in [3.63, 3.8) is 0 Å². The fraction of sp³-hybridized carbons (Fsp3) is 0.0625. The molecule has 0 aromatic heterocycles. The minimum Gasteiger partial charge on any atom is -0.488 e. The molecule has 1 aliphatic rings. The third kappa shape index (κ3) is 4.00. The molecule has 3 heteroatoms. The van der Waals surface area contributed by atoms with E-state index in [1.165, 1.54) is 6.08 Å². The Kier molecular flexibility index (Phi) is 4.34. The van der Waals surface area contributed by atoms with Gasteiger partial charge in [-0.2, -0.15) is 0 Å². The second-order valence-electron chi connectivity index (χ2n) is 3.99. The molecule has 1 N–H and O–H groups in total. The summed E-state index contributed by atoms with van der Waals surface area (Å²) in [5, 5.41) is 8.40. The van der Waals surface area contributed by atoms with Crippen molar-refractivity contribution in [2.45, 2.75) is 0 Å². The van der Waals surface area contributed by atoms with Gasteiger partial charge in [-0.05, 0) is 17.7 Å². The van der Waals surface area contributed by atoms with Crippen LogP contribution in [0.5, 0.6) is 5.75 Å². The first-order chi connectivity index (χ1) is 9.25. The normalized spacial score (nSPS) is 14.6. The van der Waals surface area contributed by atoms with E-state index < -0.39 is 5.97 Å². The molecule has 1 aliphatic heterocycles. The van der Waals surface area contributed by atoms with E-state index in [2.05, 4.69) is 6.08 Å². The fourth-order valence-corrected chi connectivity index (χ4v) is 1.68. The monoisotopic (exact) mass is 254 g/mol. The zero-order valence-corrected chi connectivity index (χ0v) is 10.3. The van der Waals surface area contributed by atoms with Crippen molar-refractivity contribution in [3.05, 3.63) is 71.9 Å². The molecular formula is C16H14O3. The smallest absolute Gasteiger partial charge is 0.328 e. The van der Waals surface area contributed by atoms with Crippen molar-refractivity contribution in [2.24, 2.45) is 0 Å². The van der Waals surface area contributed by atoms with Gasteiger partial charge in [0.05, 0.1) is 0 Å². The third-order valence-electron chi connectivity index (χ3n) is 2.54. The minimum absolute atomic E-state index is 0.548. The summed E-state index contributed by atoms with van der Waals surface area (Å²) in [4.78, 5) is 10.2. The van der Waals surface area contributed by atoms with Crippen LogP contribution in [0.4, 0.5) is 0 Å². The Labute approximate surface area is 111 Å². The average molecular weight is 254 g/mol. The molecule has 96 valence electrons. The molecule has 1 aromatic carbocycles. The van der Waals surface area contributed by atoms with Crippen LogP contribution >= 0.6 is 0 Å². The molecule has 0 radical (unpaired) electrons. The predicted molar refractivity (Wildman–Crippen MR) is 75.0 cm³/mol. The van der Waals surface area contributed by atoms with Gasteiger partial charge in [0.1, 0.15) is 12.4 Å². The van der Waals surface area contributed by atoms with E-state index in [4.69, 9.17) is 9.84 Å². The fourth-order valence-electron chi connectivity index (χ4n) is 1.68. The molecule has 3 nitrogen and oxygen atoms in total. The lowest BCUT2D eigenvalue weighted by Gasteiger charge is -2.15. The van der Waals surface area contributed by atoms with Gasteiger partial charge in [-0.15, -0.1) is 0 Å². The van der Waals surface area contributed by atoms with Gasteiger partial charge in [0.25, 0.3) is 0 Å². The number of carbonyl (C=O) groups is 1. The first kappa shape index (κ1) is 12.9. The van der Waals surface area contributed by atoms with Crippen LogP contribution in [0.2, 0.25) is 0 Å². The van der Waals surface area contributed by atoms with E-state index in [9.17, 15) is 4.79 Å². The maximum Gasteiger partial charge on any atom is 0.328 e. The lowest BCUT2D eigenvalue weighted by Crippen LogP contribution is -2.05. The van der Waals surface area contributed by atoms with E-state index in [-0.39, 0.29) is 0 Å². The molecule has 0 spiro atoms. The summed E-state index contributed by atoms with van der Waals surface area (Å²) < 4.78 is 5.61. The topological polar surface area (TPSA) is 46.5 Å². The number of carboxylic acids is 1. The number of aliphatic carboxylic acids is 1. The maximum absolute atomic E-state index is 10.2. The van der Waals surface area contributed by atoms with Crippen LogP contribution < -0.4 is 4.74 Å². The molecule has 2 rings (SSSR count). The van der Waals surface area contributed by atoms with Gasteiger partial charge in [0, 0.05) is 11.6 Å². The van der Waals surface area contributed by atoms with E-state index in [1.807, 2.05) is 36.4 Å². The van der Waals surface area contributed by atoms with Gasteiger partial charge in [-0.25, -0.2) is 4.79 Å². The number of hydrogen-bond acceptors (Lipinski definition) is 2. The van der Waals surface area contributed by atoms with Crippen molar-refractivity contribution >= 4 is 12.0 Å². The molecule has 19 heavy (non-hydrogen) atoms. The van der Waals surface area contributed by atoms with E-state index in [0.717, 1.165) is 23.0 Å². The summed E-state index contributed by atoms with van der Waals surface area (Å²) >= 11 is 0. The summed E-state index contributed by atoms with van der Waals surface area (Å²) in [6.45, 7) is 0.548. The molecule has 0 amide bonds. The average Bonchev–Trinajstić information content (AvgIpc) is 2.42. The van der Waals surface area contributed by atoms with Crippen LogP contribution in [-0.4, -0.2) is 17.7 Å². The Hall–Kier alpha value is -2.55. The molecule has 0 bridgehead atoms. The van der Waals surface area contributed by atoms with Gasteiger partial charge >= 0.3 is 5.97 Å². The number of benzene rings is 1. The van der Waals surface area contributed by atoms with E-state index >= 15 is 0 Å². The zero-order valence-electron chi connectivity index (χ0n) is 10.3. The molecule has 1 heterocycles. The zero-order chi connectivity index (χ0) is 13.5. The van der Waals surface area contributed by atoms with Gasteiger partial charge in [0.15, 0.2) is 0 Å². The maximum atomic E-state index is 10.2. The van der Waals surface area contributed by atoms with Crippen molar-refractivity contribution in [1.29, 1.82) is 0 Å². The summed E-state index contributed by atoms with van der Waals surface area (Å²) in [7, 11) is 0. The predicted octanol–water partition coefficient (Wildman–Crippen LogP) is 3.22. The van der Waals surface area contributed by atoms with Gasteiger partial charge in [-0.3, -0.25) is 0 Å². The first-order valence-corrected chi connectivity index (χ1v) is 5.92. The van der Waals surface area contributed by atoms with E-state index in [1.54, 1.807) is 12.2 Å². The molecule has 1 aromatic rings. The standard InChI is InChI=1S/C16H14O3/c17-16(18)10-4-2-1-3-7-13-11-14-8-5-6-9-15(14)19-12-13/h1-11H,12H2,(H,17,18)/b2-1+,7-3+,10-4-. The van der Waals surface area contributed by atoms with Crippen LogP contribution in [-0.2, 0) is 4.79 Å². The molecule has 0 saturated carbocycles. The first-order valence-electron chi connectivity index (χ1n) is 5.92. The molecule has 0 fully saturated rings. The summed E-state index contributed by atoms with van der Waals surface area (Å²) in [5.74, 6) is -0.0480. The van der Waals surface area contributed by atoms with Crippen LogP contribution in [0.25, 0.3) is 6.08 Å². The quantitative estimate of drug-likeness (QED) is 0.663. The Morgan fingerprint density at radius 2 is 1.95 bits per heavy atom. The number of allylic oxidation sites excluding steroid dienone is 4. The highest BCUT2D eigenvalue weighted by Gasteiger charge is 2.07. The number of ether oxygens (including phenoxy) is 1. The van der Waals surface area contributed by atoms with Crippen LogP contribution in [0.15, 0.2) is 66.3 Å². The molecular weight excluding hydrogens is 240 g/mol. The molecule has 0 saturated heterocycles. The van der Waals surface area contributed by atoms with Crippen molar-refractivity contribution < 1.29 is 14.6 Å². The Balaban J connectivity index is 1.98. The molecule has 0 atom stereocenters. The largest absolute Gasteiger partial charge is 0.488 e. The van der Waals surface area contributed by atoms with Gasteiger partial charge in [-0.1, -0.05) is 48.6 Å². The second-order valence-corrected chi connectivity index (χ2v) is 3.99. The number of para-hydroxylation sites is 1. The highest BCUT2D eigenvalue weighted by atomic mass is 16.5. The number of carboxylic acid groups (broad SMARTS) is 1. The lowest BCUT2D eigenvalue weighted by atomic mass is 10.1. The van der Waals surface area contributed by atoms with Crippen molar-refractivity contribution in [1.82, 2.24) is 0 Å². The minimum atomic E-state index is -0.950. The SMILES string of the molecule is O=C(O)\C=C/C=C/C=C/C1=Cc2ccccc2OC1. The van der Waals surface area contributed by atoms with Crippen LogP contribution in [0.3, 0.4) is 0 Å². The Morgan fingerprint density at radius 3 is 2.79 bits per heavy atom. The summed E-state index contributed by atoms with van der Waals surface area (Å²) in [5.41, 5.74) is 2.15. The van der Waals surface area contributed by atoms with Crippen molar-refractivity contribution in [2.75, 3.05) is 6.61 Å². The third-order valence-corrected chi connectivity index (χ3v) is 2.54. The van der Waals surface area contributed by atoms with Crippen molar-refractivity contribution in [3.8, 4) is 5.75 Å². The number of hydrogen-bond donors (Lipinski definition) is 1. The number of rotatable bonds is 4. The second kappa shape index (κ2) is 6.40. The number of fused-ring (bicyclic) bond motifs is 1. The highest BCUT2D eigenvalue weighted by molar-refractivity contribution is 5.80. The molecule has 0 unspecified atom stereocenters.